The maximum absolute atomic E-state index is 13.9. The molecule has 0 saturated carbocycles. The first-order valence-electron chi connectivity index (χ1n) is 10.9. The minimum absolute atomic E-state index is 0.0898. The summed E-state index contributed by atoms with van der Waals surface area (Å²) in [5.74, 6) is 0.214. The standard InChI is InChI=1S/C23H29F3N4O4/c1-14(2)10-22(3,34-21(27)31)12-33-19-5-4-15(8-17(19)23(24,25)26)18-9-20(29-13-28-18)30-16-6-7-32-11-16/h4-5,8-9,13-14,16H,6-7,10-12H2,1-3H3,(H2,27,31)(H,28,29,30)/t16?,22-/m0/s1. The van der Waals surface area contributed by atoms with Crippen molar-refractivity contribution in [2.75, 3.05) is 25.1 Å². The molecule has 1 aromatic carbocycles. The Morgan fingerprint density at radius 1 is 1.29 bits per heavy atom. The first-order valence-corrected chi connectivity index (χ1v) is 10.9. The summed E-state index contributed by atoms with van der Waals surface area (Å²) in [5, 5.41) is 3.20. The number of hydrogen-bond acceptors (Lipinski definition) is 7. The molecule has 1 amide bonds. The Kier molecular flexibility index (Phi) is 7.86. The number of carbonyl (C=O) groups is 1. The topological polar surface area (TPSA) is 109 Å². The molecule has 186 valence electrons. The molecule has 2 aromatic rings. The number of primary amides is 1. The molecule has 1 saturated heterocycles. The number of nitrogens with zero attached hydrogens (tertiary/aromatic N) is 2. The highest BCUT2D eigenvalue weighted by Crippen LogP contribution is 2.39. The lowest BCUT2D eigenvalue weighted by Crippen LogP contribution is -2.41. The van der Waals surface area contributed by atoms with E-state index in [0.717, 1.165) is 12.5 Å². The fraction of sp³-hybridized carbons (Fsp3) is 0.522. The van der Waals surface area contributed by atoms with Crippen molar-refractivity contribution >= 4 is 11.9 Å². The summed E-state index contributed by atoms with van der Waals surface area (Å²) in [5.41, 5.74) is 3.59. The van der Waals surface area contributed by atoms with Crippen molar-refractivity contribution in [3.63, 3.8) is 0 Å². The number of amides is 1. The molecular weight excluding hydrogens is 453 g/mol. The summed E-state index contributed by atoms with van der Waals surface area (Å²) in [6.07, 6.45) is -3.23. The summed E-state index contributed by atoms with van der Waals surface area (Å²) >= 11 is 0. The van der Waals surface area contributed by atoms with Crippen LogP contribution in [-0.4, -0.2) is 47.5 Å². The van der Waals surface area contributed by atoms with Gasteiger partial charge in [0.15, 0.2) is 0 Å². The molecule has 2 atom stereocenters. The summed E-state index contributed by atoms with van der Waals surface area (Å²) in [4.78, 5) is 19.6. The zero-order valence-electron chi connectivity index (χ0n) is 19.3. The van der Waals surface area contributed by atoms with E-state index in [1.165, 1.54) is 18.5 Å². The number of carbonyl (C=O) groups excluding carboxylic acids is 1. The van der Waals surface area contributed by atoms with Gasteiger partial charge in [0.2, 0.25) is 0 Å². The molecule has 34 heavy (non-hydrogen) atoms. The average molecular weight is 483 g/mol. The number of nitrogens with one attached hydrogen (secondary N) is 1. The van der Waals surface area contributed by atoms with E-state index in [1.54, 1.807) is 13.0 Å². The van der Waals surface area contributed by atoms with Gasteiger partial charge in [0.05, 0.1) is 23.9 Å². The van der Waals surface area contributed by atoms with E-state index in [-0.39, 0.29) is 29.9 Å². The number of benzene rings is 1. The third-order valence-electron chi connectivity index (χ3n) is 5.25. The van der Waals surface area contributed by atoms with Crippen molar-refractivity contribution in [1.82, 2.24) is 9.97 Å². The second-order valence-corrected chi connectivity index (χ2v) is 8.96. The average Bonchev–Trinajstić information content (AvgIpc) is 3.23. The monoisotopic (exact) mass is 482 g/mol. The van der Waals surface area contributed by atoms with Gasteiger partial charge >= 0.3 is 12.3 Å². The molecule has 8 nitrogen and oxygen atoms in total. The molecule has 0 spiro atoms. The predicted molar refractivity (Wildman–Crippen MR) is 119 cm³/mol. The largest absolute Gasteiger partial charge is 0.489 e. The minimum Gasteiger partial charge on any atom is -0.489 e. The Morgan fingerprint density at radius 2 is 2.06 bits per heavy atom. The van der Waals surface area contributed by atoms with Crippen molar-refractivity contribution in [2.45, 2.75) is 51.4 Å². The van der Waals surface area contributed by atoms with Gasteiger partial charge in [-0.3, -0.25) is 0 Å². The normalized spacial score (nSPS) is 17.9. The SMILES string of the molecule is CC(C)C[C@@](C)(COc1ccc(-c2cc(NC3CCOC3)ncn2)cc1C(F)(F)F)OC(N)=O. The van der Waals surface area contributed by atoms with Gasteiger partial charge < -0.3 is 25.3 Å². The molecular formula is C23H29F3N4O4. The van der Waals surface area contributed by atoms with Crippen LogP contribution in [0.4, 0.5) is 23.8 Å². The van der Waals surface area contributed by atoms with Crippen LogP contribution in [0.2, 0.25) is 0 Å². The van der Waals surface area contributed by atoms with Crippen LogP contribution in [0.1, 0.15) is 39.2 Å². The Hall–Kier alpha value is -3.08. The van der Waals surface area contributed by atoms with Crippen LogP contribution in [0.15, 0.2) is 30.6 Å². The highest BCUT2D eigenvalue weighted by molar-refractivity contribution is 5.66. The Balaban J connectivity index is 1.85. The molecule has 3 rings (SSSR count). The van der Waals surface area contributed by atoms with Gasteiger partial charge in [-0.25, -0.2) is 14.8 Å². The molecule has 2 heterocycles. The number of rotatable bonds is 9. The number of ether oxygens (including phenoxy) is 3. The van der Waals surface area contributed by atoms with Crippen LogP contribution in [-0.2, 0) is 15.7 Å². The molecule has 1 unspecified atom stereocenters. The lowest BCUT2D eigenvalue weighted by Gasteiger charge is -2.30. The quantitative estimate of drug-likeness (QED) is 0.536. The molecule has 1 fully saturated rings. The molecule has 0 aliphatic carbocycles. The second kappa shape index (κ2) is 10.5. The molecule has 0 radical (unpaired) electrons. The lowest BCUT2D eigenvalue weighted by atomic mass is 9.95. The number of hydrogen-bond donors (Lipinski definition) is 2. The first kappa shape index (κ1) is 25.5. The van der Waals surface area contributed by atoms with E-state index < -0.39 is 23.4 Å². The molecule has 1 aliphatic rings. The second-order valence-electron chi connectivity index (χ2n) is 8.96. The highest BCUT2D eigenvalue weighted by Gasteiger charge is 2.37. The number of anilines is 1. The smallest absolute Gasteiger partial charge is 0.419 e. The molecule has 11 heteroatoms. The van der Waals surface area contributed by atoms with E-state index in [1.807, 2.05) is 13.8 Å². The maximum atomic E-state index is 13.9. The van der Waals surface area contributed by atoms with Crippen LogP contribution in [0, 0.1) is 5.92 Å². The Morgan fingerprint density at radius 3 is 2.68 bits per heavy atom. The number of alkyl halides is 3. The van der Waals surface area contributed by atoms with Crippen LogP contribution < -0.4 is 15.8 Å². The van der Waals surface area contributed by atoms with E-state index in [2.05, 4.69) is 15.3 Å². The van der Waals surface area contributed by atoms with Gasteiger partial charge in [-0.1, -0.05) is 13.8 Å². The van der Waals surface area contributed by atoms with E-state index in [9.17, 15) is 18.0 Å². The molecule has 1 aliphatic heterocycles. The Labute approximate surface area is 196 Å². The minimum atomic E-state index is -4.68. The summed E-state index contributed by atoms with van der Waals surface area (Å²) < 4.78 is 57.7. The van der Waals surface area contributed by atoms with E-state index >= 15 is 0 Å². The van der Waals surface area contributed by atoms with Gasteiger partial charge in [-0.2, -0.15) is 13.2 Å². The number of halogens is 3. The molecule has 3 N–H and O–H groups in total. The van der Waals surface area contributed by atoms with Gasteiger partial charge in [0, 0.05) is 18.2 Å². The van der Waals surface area contributed by atoms with E-state index in [4.69, 9.17) is 19.9 Å². The van der Waals surface area contributed by atoms with Gasteiger partial charge in [0.25, 0.3) is 0 Å². The van der Waals surface area contributed by atoms with Crippen LogP contribution in [0.25, 0.3) is 11.3 Å². The number of nitrogens with two attached hydrogens (primary N) is 1. The van der Waals surface area contributed by atoms with Crippen LogP contribution in [0.5, 0.6) is 5.75 Å². The maximum Gasteiger partial charge on any atom is 0.419 e. The summed E-state index contributed by atoms with van der Waals surface area (Å²) in [6.45, 7) is 6.25. The zero-order chi connectivity index (χ0) is 24.9. The van der Waals surface area contributed by atoms with Crippen molar-refractivity contribution < 1.29 is 32.2 Å². The lowest BCUT2D eigenvalue weighted by molar-refractivity contribution is -0.139. The Bertz CT molecular complexity index is 996. The van der Waals surface area contributed by atoms with Crippen molar-refractivity contribution in [3.8, 4) is 17.0 Å². The van der Waals surface area contributed by atoms with Crippen LogP contribution >= 0.6 is 0 Å². The van der Waals surface area contributed by atoms with E-state index in [0.29, 0.717) is 31.1 Å². The molecule has 0 bridgehead atoms. The van der Waals surface area contributed by atoms with Crippen molar-refractivity contribution in [2.24, 2.45) is 11.7 Å². The predicted octanol–water partition coefficient (Wildman–Crippen LogP) is 4.64. The number of aromatic nitrogens is 2. The van der Waals surface area contributed by atoms with Gasteiger partial charge in [-0.15, -0.1) is 0 Å². The van der Waals surface area contributed by atoms with Gasteiger partial charge in [-0.05, 0) is 43.9 Å². The summed E-state index contributed by atoms with van der Waals surface area (Å²) in [6, 6.07) is 5.39. The zero-order valence-corrected chi connectivity index (χ0v) is 19.3. The third kappa shape index (κ3) is 6.96. The van der Waals surface area contributed by atoms with Crippen molar-refractivity contribution in [1.29, 1.82) is 0 Å². The third-order valence-corrected chi connectivity index (χ3v) is 5.25. The molecule has 1 aromatic heterocycles. The fourth-order valence-corrected chi connectivity index (χ4v) is 3.96. The first-order chi connectivity index (χ1) is 15.9. The van der Waals surface area contributed by atoms with Crippen LogP contribution in [0.3, 0.4) is 0 Å². The highest BCUT2D eigenvalue weighted by atomic mass is 19.4. The van der Waals surface area contributed by atoms with Crippen molar-refractivity contribution in [3.05, 3.63) is 36.2 Å². The van der Waals surface area contributed by atoms with Gasteiger partial charge in [0.1, 0.15) is 30.1 Å². The fourth-order valence-electron chi connectivity index (χ4n) is 3.96. The summed E-state index contributed by atoms with van der Waals surface area (Å²) in [7, 11) is 0.